The first-order valence-electron chi connectivity index (χ1n) is 13.8. The van der Waals surface area contributed by atoms with Gasteiger partial charge in [-0.05, 0) is 52.0 Å². The zero-order valence-corrected chi connectivity index (χ0v) is 29.7. The molecule has 2 aromatic rings. The van der Waals surface area contributed by atoms with Crippen molar-refractivity contribution >= 4 is 34.9 Å². The molecule has 2 saturated heterocycles. The number of nitrogens with zero attached hydrogens (tertiary/aromatic N) is 2. The summed E-state index contributed by atoms with van der Waals surface area (Å²) in [7, 11) is 5.81. The van der Waals surface area contributed by atoms with E-state index in [4.69, 9.17) is 18.9 Å². The molecule has 0 atom stereocenters. The molecule has 45 heavy (non-hydrogen) atoms. The SMILES string of the molecule is COc1ccc(/C([O-])=C2\C(=O)CN(C(C)C)C2=O)c(OC)c1.COc1ccc(/C([O-])=C2\C(=O)CN(C(C)C)C2=O)c(OC)c1.[Zn+2]. The Kier molecular flexibility index (Phi) is 12.7. The van der Waals surface area contributed by atoms with Gasteiger partial charge in [-0.3, -0.25) is 19.2 Å². The Morgan fingerprint density at radius 2 is 0.956 bits per heavy atom. The van der Waals surface area contributed by atoms with Crippen molar-refractivity contribution in [1.82, 2.24) is 9.80 Å². The van der Waals surface area contributed by atoms with Crippen molar-refractivity contribution in [1.29, 1.82) is 0 Å². The molecule has 0 spiro atoms. The third kappa shape index (κ3) is 7.65. The van der Waals surface area contributed by atoms with E-state index in [1.54, 1.807) is 39.8 Å². The van der Waals surface area contributed by atoms with Crippen LogP contribution in [-0.4, -0.2) is 86.8 Å². The van der Waals surface area contributed by atoms with Crippen molar-refractivity contribution < 1.29 is 67.8 Å². The first-order valence-corrected chi connectivity index (χ1v) is 13.8. The molecule has 2 aliphatic heterocycles. The van der Waals surface area contributed by atoms with Gasteiger partial charge in [0, 0.05) is 35.3 Å². The number of likely N-dealkylation sites (tertiary alicyclic amines) is 2. The number of hydrogen-bond acceptors (Lipinski definition) is 10. The summed E-state index contributed by atoms with van der Waals surface area (Å²) < 4.78 is 20.5. The molecule has 2 aromatic carbocycles. The number of Topliss-reactive ketones (excluding diaryl/α,β-unsaturated/α-hetero) is 2. The van der Waals surface area contributed by atoms with E-state index in [0.717, 1.165) is 0 Å². The Labute approximate surface area is 274 Å². The standard InChI is InChI=1S/2C16H19NO5.Zn/c2*1-9(2)17-8-12(18)14(16(17)20)15(19)11-6-5-10(21-3)7-13(11)22-4;/h2*5-7,9,19H,8H2,1-4H3;/q;;+2/p-2/b2*15-14-;. The van der Waals surface area contributed by atoms with Gasteiger partial charge < -0.3 is 39.0 Å². The Hall–Kier alpha value is -4.38. The van der Waals surface area contributed by atoms with E-state index in [1.807, 2.05) is 0 Å². The van der Waals surface area contributed by atoms with Gasteiger partial charge in [-0.15, -0.1) is 0 Å². The maximum Gasteiger partial charge on any atom is 2.00 e. The summed E-state index contributed by atoms with van der Waals surface area (Å²) in [6.45, 7) is 7.07. The number of carbonyl (C=O) groups excluding carboxylic acids is 4. The van der Waals surface area contributed by atoms with Gasteiger partial charge in [0.2, 0.25) is 0 Å². The Balaban J connectivity index is 0.000000307. The fourth-order valence-corrected chi connectivity index (χ4v) is 4.66. The summed E-state index contributed by atoms with van der Waals surface area (Å²) in [5, 5.41) is 25.2. The van der Waals surface area contributed by atoms with Crippen LogP contribution in [0.1, 0.15) is 38.8 Å². The molecule has 0 unspecified atom stereocenters. The summed E-state index contributed by atoms with van der Waals surface area (Å²) in [6.07, 6.45) is 0. The van der Waals surface area contributed by atoms with Gasteiger partial charge >= 0.3 is 19.5 Å². The number of ketones is 2. The molecule has 236 valence electrons. The van der Waals surface area contributed by atoms with Crippen LogP contribution in [0.25, 0.3) is 11.5 Å². The van der Waals surface area contributed by atoms with E-state index < -0.39 is 34.9 Å². The molecular formula is C32H36N2O10Zn. The van der Waals surface area contributed by atoms with E-state index in [9.17, 15) is 29.4 Å². The summed E-state index contributed by atoms with van der Waals surface area (Å²) in [5.74, 6) is -1.62. The van der Waals surface area contributed by atoms with Crippen LogP contribution in [0.4, 0.5) is 0 Å². The summed E-state index contributed by atoms with van der Waals surface area (Å²) >= 11 is 0. The largest absolute Gasteiger partial charge is 2.00 e. The number of rotatable bonds is 8. The summed E-state index contributed by atoms with van der Waals surface area (Å²) in [6, 6.07) is 8.95. The quantitative estimate of drug-likeness (QED) is 0.173. The van der Waals surface area contributed by atoms with Gasteiger partial charge in [-0.25, -0.2) is 0 Å². The third-order valence-corrected chi connectivity index (χ3v) is 7.14. The zero-order valence-electron chi connectivity index (χ0n) is 26.7. The van der Waals surface area contributed by atoms with Gasteiger partial charge in [0.15, 0.2) is 11.6 Å². The zero-order chi connectivity index (χ0) is 32.9. The molecule has 12 nitrogen and oxygen atoms in total. The molecule has 0 aliphatic carbocycles. The van der Waals surface area contributed by atoms with Crippen molar-refractivity contribution in [2.75, 3.05) is 41.5 Å². The molecule has 2 fully saturated rings. The molecular weight excluding hydrogens is 638 g/mol. The van der Waals surface area contributed by atoms with Crippen molar-refractivity contribution in [2.45, 2.75) is 39.8 Å². The fraction of sp³-hybridized carbons (Fsp3) is 0.375. The maximum atomic E-state index is 12.6. The van der Waals surface area contributed by atoms with E-state index in [-0.39, 0.29) is 78.4 Å². The van der Waals surface area contributed by atoms with Crippen molar-refractivity contribution in [3.8, 4) is 23.0 Å². The molecule has 0 N–H and O–H groups in total. The first-order chi connectivity index (χ1) is 20.8. The van der Waals surface area contributed by atoms with Crippen molar-refractivity contribution in [2.24, 2.45) is 0 Å². The average Bonchev–Trinajstić information content (AvgIpc) is 3.49. The van der Waals surface area contributed by atoms with Gasteiger partial charge in [0.05, 0.1) is 52.7 Å². The minimum atomic E-state index is -0.613. The monoisotopic (exact) mass is 672 g/mol. The summed E-state index contributed by atoms with van der Waals surface area (Å²) in [4.78, 5) is 51.4. The van der Waals surface area contributed by atoms with Gasteiger partial charge in [-0.1, -0.05) is 11.5 Å². The van der Waals surface area contributed by atoms with E-state index >= 15 is 0 Å². The predicted molar refractivity (Wildman–Crippen MR) is 157 cm³/mol. The Bertz CT molecular complexity index is 1420. The van der Waals surface area contributed by atoms with Crippen LogP contribution in [0.3, 0.4) is 0 Å². The number of methoxy groups -OCH3 is 4. The minimum Gasteiger partial charge on any atom is -0.871 e. The van der Waals surface area contributed by atoms with Crippen LogP contribution in [-0.2, 0) is 38.7 Å². The average molecular weight is 674 g/mol. The number of benzene rings is 2. The second-order valence-corrected chi connectivity index (χ2v) is 10.4. The topological polar surface area (TPSA) is 158 Å². The molecule has 2 amide bonds. The number of amides is 2. The molecule has 0 radical (unpaired) electrons. The third-order valence-electron chi connectivity index (χ3n) is 7.14. The second-order valence-electron chi connectivity index (χ2n) is 10.4. The number of hydrogen-bond donors (Lipinski definition) is 0. The maximum absolute atomic E-state index is 12.6. The van der Waals surface area contributed by atoms with Gasteiger partial charge in [-0.2, -0.15) is 0 Å². The van der Waals surface area contributed by atoms with Crippen LogP contribution in [0.15, 0.2) is 47.5 Å². The molecule has 0 bridgehead atoms. The molecule has 0 aromatic heterocycles. The molecule has 2 heterocycles. The summed E-state index contributed by atoms with van der Waals surface area (Å²) in [5.41, 5.74) is -0.273. The number of ether oxygens (including phenoxy) is 4. The van der Waals surface area contributed by atoms with Crippen LogP contribution >= 0.6 is 0 Å². The van der Waals surface area contributed by atoms with Crippen molar-refractivity contribution in [3.05, 3.63) is 58.7 Å². The molecule has 0 saturated carbocycles. The van der Waals surface area contributed by atoms with Gasteiger partial charge in [0.25, 0.3) is 11.8 Å². The molecule has 4 rings (SSSR count). The van der Waals surface area contributed by atoms with Crippen LogP contribution in [0.2, 0.25) is 0 Å². The number of carbonyl (C=O) groups is 4. The van der Waals surface area contributed by atoms with Gasteiger partial charge in [0.1, 0.15) is 23.0 Å². The van der Waals surface area contributed by atoms with Crippen molar-refractivity contribution in [3.63, 3.8) is 0 Å². The predicted octanol–water partition coefficient (Wildman–Crippen LogP) is 1.19. The smallest absolute Gasteiger partial charge is 0.871 e. The second kappa shape index (κ2) is 15.6. The Morgan fingerprint density at radius 1 is 0.622 bits per heavy atom. The Morgan fingerprint density at radius 3 is 1.20 bits per heavy atom. The first kappa shape index (κ1) is 36.8. The minimum absolute atomic E-state index is 0. The van der Waals surface area contributed by atoms with E-state index in [2.05, 4.69) is 0 Å². The molecule has 2 aliphatic rings. The normalized spacial score (nSPS) is 16.8. The van der Waals surface area contributed by atoms with E-state index in [1.165, 1.54) is 62.5 Å². The van der Waals surface area contributed by atoms with Crippen LogP contribution < -0.4 is 29.2 Å². The fourth-order valence-electron chi connectivity index (χ4n) is 4.66. The molecule has 13 heteroatoms. The van der Waals surface area contributed by atoms with Crippen LogP contribution in [0.5, 0.6) is 23.0 Å². The van der Waals surface area contributed by atoms with E-state index in [0.29, 0.717) is 11.5 Å². The van der Waals surface area contributed by atoms with Crippen LogP contribution in [0, 0.1) is 0 Å².